The van der Waals surface area contributed by atoms with Gasteiger partial charge in [0.25, 0.3) is 0 Å². The van der Waals surface area contributed by atoms with Gasteiger partial charge in [0.2, 0.25) is 0 Å². The Bertz CT molecular complexity index is 799. The van der Waals surface area contributed by atoms with Crippen LogP contribution in [-0.4, -0.2) is 4.98 Å². The Hall–Kier alpha value is -1.96. The van der Waals surface area contributed by atoms with Crippen LogP contribution in [0.25, 0.3) is 22.5 Å². The molecule has 1 aromatic heterocycles. The molecule has 1 aliphatic rings. The lowest BCUT2D eigenvalue weighted by Crippen LogP contribution is -1.96. The number of aromatic nitrogens is 1. The van der Waals surface area contributed by atoms with E-state index in [4.69, 9.17) is 23.2 Å². The van der Waals surface area contributed by atoms with Crippen molar-refractivity contribution in [3.8, 4) is 22.5 Å². The first-order chi connectivity index (χ1) is 11.2. The molecule has 0 atom stereocenters. The van der Waals surface area contributed by atoms with Gasteiger partial charge in [-0.1, -0.05) is 59.6 Å². The summed E-state index contributed by atoms with van der Waals surface area (Å²) in [5.74, 6) is 0. The van der Waals surface area contributed by atoms with Gasteiger partial charge in [0.05, 0.1) is 0 Å². The number of allylic oxidation sites excluding steroid dienone is 2. The number of hydrogen-bond donors (Lipinski definition) is 1. The molecule has 0 saturated carbocycles. The number of H-pyrrole nitrogens is 1. The predicted octanol–water partition coefficient (Wildman–Crippen LogP) is 6.31. The van der Waals surface area contributed by atoms with Gasteiger partial charge >= 0.3 is 0 Å². The van der Waals surface area contributed by atoms with Gasteiger partial charge < -0.3 is 4.98 Å². The number of rotatable bonds is 2. The Balaban J connectivity index is 1.88. The van der Waals surface area contributed by atoms with E-state index in [9.17, 15) is 0 Å². The van der Waals surface area contributed by atoms with Crippen molar-refractivity contribution < 1.29 is 0 Å². The van der Waals surface area contributed by atoms with Crippen molar-refractivity contribution in [2.24, 2.45) is 0 Å². The standard InChI is InChI=1S/C20H15Cl2N/c21-15-9-5-13(6-10-15)19-17-3-1-2-4-18(17)20(23-19)14-7-11-16(22)12-8-14/h1-2,5-12,23H,3-4H2. The minimum Gasteiger partial charge on any atom is -0.354 e. The number of nitrogens with one attached hydrogen (secondary N) is 1. The summed E-state index contributed by atoms with van der Waals surface area (Å²) in [7, 11) is 0. The molecular weight excluding hydrogens is 325 g/mol. The van der Waals surface area contributed by atoms with Crippen LogP contribution < -0.4 is 0 Å². The Morgan fingerprint density at radius 1 is 0.609 bits per heavy atom. The number of benzene rings is 2. The van der Waals surface area contributed by atoms with E-state index < -0.39 is 0 Å². The van der Waals surface area contributed by atoms with Crippen LogP contribution in [0.3, 0.4) is 0 Å². The molecule has 0 saturated heterocycles. The van der Waals surface area contributed by atoms with Crippen LogP contribution in [0.5, 0.6) is 0 Å². The Morgan fingerprint density at radius 3 is 1.39 bits per heavy atom. The number of aromatic amines is 1. The first kappa shape index (κ1) is 14.6. The average Bonchev–Trinajstić information content (AvgIpc) is 2.96. The van der Waals surface area contributed by atoms with Gasteiger partial charge in [-0.2, -0.15) is 0 Å². The van der Waals surface area contributed by atoms with Crippen LogP contribution in [0.15, 0.2) is 60.7 Å². The van der Waals surface area contributed by atoms with Crippen molar-refractivity contribution >= 4 is 23.2 Å². The second-order valence-electron chi connectivity index (χ2n) is 5.73. The molecule has 0 fully saturated rings. The minimum atomic E-state index is 0.756. The van der Waals surface area contributed by atoms with Crippen molar-refractivity contribution in [2.75, 3.05) is 0 Å². The zero-order valence-corrected chi connectivity index (χ0v) is 14.0. The van der Waals surface area contributed by atoms with Gasteiger partial charge in [-0.05, 0) is 59.4 Å². The van der Waals surface area contributed by atoms with Crippen LogP contribution >= 0.6 is 23.2 Å². The number of hydrogen-bond acceptors (Lipinski definition) is 0. The smallest absolute Gasteiger partial charge is 0.0497 e. The summed E-state index contributed by atoms with van der Waals surface area (Å²) in [6.07, 6.45) is 6.39. The Morgan fingerprint density at radius 2 is 1.00 bits per heavy atom. The van der Waals surface area contributed by atoms with Gasteiger partial charge in [-0.25, -0.2) is 0 Å². The van der Waals surface area contributed by atoms with Crippen LogP contribution in [0.2, 0.25) is 10.0 Å². The first-order valence-corrected chi connectivity index (χ1v) is 8.38. The van der Waals surface area contributed by atoms with Gasteiger partial charge in [-0.3, -0.25) is 0 Å². The molecule has 0 bridgehead atoms. The zero-order chi connectivity index (χ0) is 15.8. The monoisotopic (exact) mass is 339 g/mol. The summed E-state index contributed by atoms with van der Waals surface area (Å²) in [5, 5.41) is 1.51. The van der Waals surface area contributed by atoms with E-state index in [1.807, 2.05) is 24.3 Å². The molecule has 0 unspecified atom stereocenters. The summed E-state index contributed by atoms with van der Waals surface area (Å²) < 4.78 is 0. The van der Waals surface area contributed by atoms with Crippen molar-refractivity contribution in [3.63, 3.8) is 0 Å². The lowest BCUT2D eigenvalue weighted by Gasteiger charge is -2.09. The third-order valence-corrected chi connectivity index (χ3v) is 4.80. The quantitative estimate of drug-likeness (QED) is 0.526. The lowest BCUT2D eigenvalue weighted by molar-refractivity contribution is 1.12. The third kappa shape index (κ3) is 2.71. The van der Waals surface area contributed by atoms with E-state index in [1.54, 1.807) is 0 Å². The number of halogens is 2. The van der Waals surface area contributed by atoms with Gasteiger partial charge in [-0.15, -0.1) is 0 Å². The maximum atomic E-state index is 6.02. The maximum Gasteiger partial charge on any atom is 0.0497 e. The molecule has 3 heteroatoms. The Labute approximate surface area is 145 Å². The van der Waals surface area contributed by atoms with Crippen molar-refractivity contribution in [2.45, 2.75) is 12.8 Å². The molecule has 0 amide bonds. The van der Waals surface area contributed by atoms with Crippen LogP contribution in [0, 0.1) is 0 Å². The van der Waals surface area contributed by atoms with Gasteiger partial charge in [0.1, 0.15) is 0 Å². The SMILES string of the molecule is Clc1ccc(-c2[nH]c(-c3ccc(Cl)cc3)c3c2CC=CC3)cc1. The largest absolute Gasteiger partial charge is 0.354 e. The highest BCUT2D eigenvalue weighted by Gasteiger charge is 2.19. The zero-order valence-electron chi connectivity index (χ0n) is 12.4. The van der Waals surface area contributed by atoms with E-state index in [2.05, 4.69) is 41.4 Å². The summed E-state index contributed by atoms with van der Waals surface area (Å²) in [4.78, 5) is 3.64. The van der Waals surface area contributed by atoms with Crippen molar-refractivity contribution in [1.29, 1.82) is 0 Å². The summed E-state index contributed by atoms with van der Waals surface area (Å²) in [6.45, 7) is 0. The summed E-state index contributed by atoms with van der Waals surface area (Å²) >= 11 is 12.0. The average molecular weight is 340 g/mol. The second-order valence-corrected chi connectivity index (χ2v) is 6.60. The van der Waals surface area contributed by atoms with Crippen LogP contribution in [-0.2, 0) is 12.8 Å². The molecule has 3 aromatic rings. The fourth-order valence-corrected chi connectivity index (χ4v) is 3.41. The normalized spacial score (nSPS) is 13.1. The molecule has 0 radical (unpaired) electrons. The predicted molar refractivity (Wildman–Crippen MR) is 98.2 cm³/mol. The molecule has 114 valence electrons. The fraction of sp³-hybridized carbons (Fsp3) is 0.100. The maximum absolute atomic E-state index is 6.02. The number of fused-ring (bicyclic) bond motifs is 1. The Kier molecular flexibility index (Phi) is 3.76. The van der Waals surface area contributed by atoms with E-state index in [0.29, 0.717) is 0 Å². The molecule has 1 heterocycles. The van der Waals surface area contributed by atoms with Crippen molar-refractivity contribution in [1.82, 2.24) is 4.98 Å². The minimum absolute atomic E-state index is 0.756. The van der Waals surface area contributed by atoms with Gasteiger partial charge in [0.15, 0.2) is 0 Å². The molecule has 1 nitrogen and oxygen atoms in total. The molecule has 0 aliphatic heterocycles. The van der Waals surface area contributed by atoms with E-state index >= 15 is 0 Å². The molecule has 1 aliphatic carbocycles. The lowest BCUT2D eigenvalue weighted by atomic mass is 9.93. The molecule has 0 spiro atoms. The van der Waals surface area contributed by atoms with E-state index in [-0.39, 0.29) is 0 Å². The van der Waals surface area contributed by atoms with E-state index in [0.717, 1.165) is 22.9 Å². The first-order valence-electron chi connectivity index (χ1n) is 7.63. The van der Waals surface area contributed by atoms with E-state index in [1.165, 1.54) is 33.6 Å². The summed E-state index contributed by atoms with van der Waals surface area (Å²) in [5.41, 5.74) is 7.46. The summed E-state index contributed by atoms with van der Waals surface area (Å²) in [6, 6.07) is 16.0. The van der Waals surface area contributed by atoms with Crippen molar-refractivity contribution in [3.05, 3.63) is 81.9 Å². The highest BCUT2D eigenvalue weighted by Crippen LogP contribution is 2.37. The topological polar surface area (TPSA) is 15.8 Å². The third-order valence-electron chi connectivity index (χ3n) is 4.29. The highest BCUT2D eigenvalue weighted by molar-refractivity contribution is 6.30. The van der Waals surface area contributed by atoms with Gasteiger partial charge in [0, 0.05) is 21.4 Å². The fourth-order valence-electron chi connectivity index (χ4n) is 3.16. The highest BCUT2D eigenvalue weighted by atomic mass is 35.5. The van der Waals surface area contributed by atoms with Crippen LogP contribution in [0.4, 0.5) is 0 Å². The molecule has 2 aromatic carbocycles. The van der Waals surface area contributed by atoms with Crippen LogP contribution in [0.1, 0.15) is 11.1 Å². The second kappa shape index (κ2) is 5.92. The molecule has 4 rings (SSSR count). The molecule has 1 N–H and O–H groups in total. The molecule has 23 heavy (non-hydrogen) atoms. The molecular formula is C20H15Cl2N.